The molecule has 0 spiro atoms. The van der Waals surface area contributed by atoms with Crippen LogP contribution < -0.4 is 0 Å². The van der Waals surface area contributed by atoms with Gasteiger partial charge in [0.05, 0.1) is 11.4 Å². The Hall–Kier alpha value is -1.81. The molecule has 0 aliphatic carbocycles. The highest BCUT2D eigenvalue weighted by Crippen LogP contribution is 2.17. The number of nitrogens with zero attached hydrogens (tertiary/aromatic N) is 3. The van der Waals surface area contributed by atoms with Gasteiger partial charge < -0.3 is 4.74 Å². The van der Waals surface area contributed by atoms with E-state index in [1.54, 1.807) is 0 Å². The van der Waals surface area contributed by atoms with Crippen molar-refractivity contribution < 1.29 is 4.74 Å². The van der Waals surface area contributed by atoms with Crippen molar-refractivity contribution in [1.29, 1.82) is 0 Å². The molecule has 2 aromatic rings. The average molecular weight is 412 g/mol. The van der Waals surface area contributed by atoms with E-state index in [0.29, 0.717) is 0 Å². The van der Waals surface area contributed by atoms with E-state index in [0.717, 1.165) is 61.5 Å². The lowest BCUT2D eigenvalue weighted by atomic mass is 10.1. The number of pyridine rings is 1. The predicted molar refractivity (Wildman–Crippen MR) is 126 cm³/mol. The first kappa shape index (κ1) is 24.5. The van der Waals surface area contributed by atoms with E-state index >= 15 is 0 Å². The molecule has 2 heterocycles. The van der Waals surface area contributed by atoms with E-state index in [1.165, 1.54) is 57.8 Å². The summed E-state index contributed by atoms with van der Waals surface area (Å²) in [5, 5.41) is 8.81. The lowest BCUT2D eigenvalue weighted by molar-refractivity contribution is 0.126. The van der Waals surface area contributed by atoms with Crippen LogP contribution in [0.2, 0.25) is 0 Å². The molecule has 0 fully saturated rings. The molecule has 0 saturated heterocycles. The van der Waals surface area contributed by atoms with Crippen LogP contribution in [-0.4, -0.2) is 28.4 Å². The fourth-order valence-electron chi connectivity index (χ4n) is 3.52. The molecule has 0 aliphatic rings. The normalized spacial score (nSPS) is 11.1. The molecule has 0 bridgehead atoms. The molecular weight excluding hydrogens is 370 g/mol. The Morgan fingerprint density at radius 2 is 1.27 bits per heavy atom. The first-order chi connectivity index (χ1) is 14.8. The molecule has 4 nitrogen and oxygen atoms in total. The molecule has 30 heavy (non-hydrogen) atoms. The minimum Gasteiger partial charge on any atom is -0.381 e. The molecule has 0 aliphatic heterocycles. The van der Waals surface area contributed by atoms with Crippen molar-refractivity contribution in [3.63, 3.8) is 0 Å². The van der Waals surface area contributed by atoms with Crippen LogP contribution in [0, 0.1) is 0 Å². The van der Waals surface area contributed by atoms with E-state index in [-0.39, 0.29) is 0 Å². The van der Waals surface area contributed by atoms with Gasteiger partial charge in [0.15, 0.2) is 0 Å². The summed E-state index contributed by atoms with van der Waals surface area (Å²) >= 11 is 0. The van der Waals surface area contributed by atoms with E-state index in [4.69, 9.17) is 4.74 Å². The van der Waals surface area contributed by atoms with Crippen LogP contribution in [-0.2, 0) is 17.6 Å². The number of unbranched alkanes of at least 4 members (excludes halogenated alkanes) is 8. The van der Waals surface area contributed by atoms with Gasteiger partial charge in [-0.2, -0.15) is 10.2 Å². The summed E-state index contributed by atoms with van der Waals surface area (Å²) in [5.74, 6) is 0. The molecular formula is C26H41N3O. The number of hydrogen-bond donors (Lipinski definition) is 0. The van der Waals surface area contributed by atoms with Crippen molar-refractivity contribution in [3.05, 3.63) is 41.9 Å². The van der Waals surface area contributed by atoms with Crippen molar-refractivity contribution in [1.82, 2.24) is 15.2 Å². The van der Waals surface area contributed by atoms with Crippen molar-refractivity contribution in [2.45, 2.75) is 97.3 Å². The number of aromatic nitrogens is 3. The first-order valence-electron chi connectivity index (χ1n) is 12.2. The summed E-state index contributed by atoms with van der Waals surface area (Å²) in [6.45, 7) is 6.26. The predicted octanol–water partition coefficient (Wildman–Crippen LogP) is 6.97. The molecule has 0 amide bonds. The second kappa shape index (κ2) is 16.0. The molecule has 0 unspecified atom stereocenters. The van der Waals surface area contributed by atoms with Crippen LogP contribution in [0.15, 0.2) is 30.5 Å². The topological polar surface area (TPSA) is 47.9 Å². The third kappa shape index (κ3) is 10.3. The van der Waals surface area contributed by atoms with Crippen LogP contribution in [0.4, 0.5) is 0 Å². The SMILES string of the molecule is CCCCCCCc1ccc(-c2ccc(CCCCOCCCCCC)nc2)nn1. The molecule has 0 atom stereocenters. The standard InChI is InChI=1S/C26H41N3O/c1-3-5-7-9-10-15-25-18-19-26(29-28-25)23-16-17-24(27-22-23)14-11-13-21-30-20-12-8-6-4-2/h16-19,22H,3-15,20-21H2,1-2H3. The Balaban J connectivity index is 1.64. The lowest BCUT2D eigenvalue weighted by Crippen LogP contribution is -1.99. The summed E-state index contributed by atoms with van der Waals surface area (Å²) in [5.41, 5.74) is 4.17. The second-order valence-electron chi connectivity index (χ2n) is 8.24. The smallest absolute Gasteiger partial charge is 0.0945 e. The van der Waals surface area contributed by atoms with E-state index in [1.807, 2.05) is 6.20 Å². The van der Waals surface area contributed by atoms with Crippen LogP contribution >= 0.6 is 0 Å². The van der Waals surface area contributed by atoms with Gasteiger partial charge in [-0.15, -0.1) is 0 Å². The van der Waals surface area contributed by atoms with E-state index < -0.39 is 0 Å². The Bertz CT molecular complexity index is 655. The average Bonchev–Trinajstić information content (AvgIpc) is 2.79. The third-order valence-electron chi connectivity index (χ3n) is 5.49. The van der Waals surface area contributed by atoms with Gasteiger partial charge >= 0.3 is 0 Å². The molecule has 0 aromatic carbocycles. The van der Waals surface area contributed by atoms with Gasteiger partial charge in [-0.25, -0.2) is 0 Å². The van der Waals surface area contributed by atoms with Crippen LogP contribution in [0.3, 0.4) is 0 Å². The molecule has 0 N–H and O–H groups in total. The zero-order chi connectivity index (χ0) is 21.3. The summed E-state index contributed by atoms with van der Waals surface area (Å²) in [7, 11) is 0. The number of hydrogen-bond acceptors (Lipinski definition) is 4. The van der Waals surface area contributed by atoms with Crippen LogP contribution in [0.5, 0.6) is 0 Å². The zero-order valence-corrected chi connectivity index (χ0v) is 19.2. The fourth-order valence-corrected chi connectivity index (χ4v) is 3.52. The van der Waals surface area contributed by atoms with Gasteiger partial charge in [0.1, 0.15) is 0 Å². The summed E-state index contributed by atoms with van der Waals surface area (Å²) in [6.07, 6.45) is 17.7. The van der Waals surface area contributed by atoms with Gasteiger partial charge in [0.25, 0.3) is 0 Å². The molecule has 4 heteroatoms. The maximum atomic E-state index is 5.71. The monoisotopic (exact) mass is 411 g/mol. The minimum absolute atomic E-state index is 0.866. The number of aryl methyl sites for hydroxylation is 2. The van der Waals surface area contributed by atoms with E-state index in [9.17, 15) is 0 Å². The Labute approximate surface area is 183 Å². The quantitative estimate of drug-likeness (QED) is 0.264. The van der Waals surface area contributed by atoms with Gasteiger partial charge in [-0.05, 0) is 62.8 Å². The Kier molecular flexibility index (Phi) is 13.0. The fraction of sp³-hybridized carbons (Fsp3) is 0.654. The summed E-state index contributed by atoms with van der Waals surface area (Å²) < 4.78 is 5.71. The first-order valence-corrected chi connectivity index (χ1v) is 12.2. The maximum Gasteiger partial charge on any atom is 0.0945 e. The minimum atomic E-state index is 0.866. The van der Waals surface area contributed by atoms with Crippen LogP contribution in [0.1, 0.15) is 95.9 Å². The van der Waals surface area contributed by atoms with Gasteiger partial charge in [0, 0.05) is 30.7 Å². The van der Waals surface area contributed by atoms with Crippen molar-refractivity contribution in [2.24, 2.45) is 0 Å². The highest BCUT2D eigenvalue weighted by atomic mass is 16.5. The van der Waals surface area contributed by atoms with Crippen molar-refractivity contribution >= 4 is 0 Å². The number of rotatable bonds is 17. The largest absolute Gasteiger partial charge is 0.381 e. The third-order valence-corrected chi connectivity index (χ3v) is 5.49. The van der Waals surface area contributed by atoms with Crippen molar-refractivity contribution in [3.8, 4) is 11.3 Å². The Morgan fingerprint density at radius 1 is 0.633 bits per heavy atom. The lowest BCUT2D eigenvalue weighted by Gasteiger charge is -2.05. The molecule has 0 radical (unpaired) electrons. The molecule has 2 rings (SSSR count). The second-order valence-corrected chi connectivity index (χ2v) is 8.24. The number of ether oxygens (including phenoxy) is 1. The maximum absolute atomic E-state index is 5.71. The van der Waals surface area contributed by atoms with E-state index in [2.05, 4.69) is 53.3 Å². The molecule has 2 aromatic heterocycles. The van der Waals surface area contributed by atoms with Gasteiger partial charge in [-0.1, -0.05) is 58.8 Å². The zero-order valence-electron chi connectivity index (χ0n) is 19.2. The Morgan fingerprint density at radius 3 is 1.93 bits per heavy atom. The summed E-state index contributed by atoms with van der Waals surface area (Å²) in [4.78, 5) is 4.61. The molecule has 0 saturated carbocycles. The highest BCUT2D eigenvalue weighted by molar-refractivity contribution is 5.57. The molecule has 166 valence electrons. The van der Waals surface area contributed by atoms with Gasteiger partial charge in [-0.3, -0.25) is 4.98 Å². The summed E-state index contributed by atoms with van der Waals surface area (Å²) in [6, 6.07) is 8.41. The van der Waals surface area contributed by atoms with Gasteiger partial charge in [0.2, 0.25) is 0 Å². The van der Waals surface area contributed by atoms with Crippen LogP contribution in [0.25, 0.3) is 11.3 Å². The highest BCUT2D eigenvalue weighted by Gasteiger charge is 2.03. The van der Waals surface area contributed by atoms with Crippen molar-refractivity contribution in [2.75, 3.05) is 13.2 Å².